The summed E-state index contributed by atoms with van der Waals surface area (Å²) < 4.78 is 22.4. The molecule has 0 bridgehead atoms. The number of hydrogen-bond acceptors (Lipinski definition) is 15. The first-order chi connectivity index (χ1) is 22.5. The number of esters is 1. The second-order valence-electron chi connectivity index (χ2n) is 10.8. The lowest BCUT2D eigenvalue weighted by Gasteiger charge is -2.43. The third-order valence-corrected chi connectivity index (χ3v) is 7.72. The van der Waals surface area contributed by atoms with E-state index in [1.54, 1.807) is 30.6 Å². The summed E-state index contributed by atoms with van der Waals surface area (Å²) in [6.45, 7) is 0.246. The number of likely N-dealkylation sites (N-methyl/N-ethyl adjacent to an activating group) is 1. The Morgan fingerprint density at radius 2 is 1.89 bits per heavy atom. The molecule has 0 saturated carbocycles. The Morgan fingerprint density at radius 1 is 1.13 bits per heavy atom. The smallest absolute Gasteiger partial charge is 0.337 e. The number of aliphatic hydroxyl groups excluding tert-OH is 3. The van der Waals surface area contributed by atoms with Crippen LogP contribution in [-0.4, -0.2) is 105 Å². The molecule has 0 spiro atoms. The van der Waals surface area contributed by atoms with Crippen LogP contribution in [0.3, 0.4) is 0 Å². The van der Waals surface area contributed by atoms with Crippen LogP contribution in [0.1, 0.15) is 0 Å². The Hall–Kier alpha value is -5.10. The lowest BCUT2D eigenvalue weighted by molar-refractivity contribution is -0.345. The second-order valence-corrected chi connectivity index (χ2v) is 10.8. The fourth-order valence-corrected chi connectivity index (χ4v) is 5.26. The van der Waals surface area contributed by atoms with Crippen molar-refractivity contribution in [2.75, 3.05) is 13.6 Å². The van der Waals surface area contributed by atoms with Gasteiger partial charge in [-0.25, -0.2) is 9.59 Å². The molecule has 7 unspecified atom stereocenters. The number of aliphatic imine (C=N–C) groups is 1. The van der Waals surface area contributed by atoms with Crippen molar-refractivity contribution in [2.24, 2.45) is 4.99 Å². The fourth-order valence-electron chi connectivity index (χ4n) is 5.26. The number of hydroxylamine groups is 2. The Balaban J connectivity index is 1.27. The summed E-state index contributed by atoms with van der Waals surface area (Å²) in [5.74, 6) is -2.85. The van der Waals surface area contributed by atoms with E-state index in [1.165, 1.54) is 48.7 Å². The van der Waals surface area contributed by atoms with E-state index in [9.17, 15) is 39.9 Å². The maximum atomic E-state index is 13.2. The lowest BCUT2D eigenvalue weighted by atomic mass is 9.98. The molecule has 6 rings (SSSR count). The van der Waals surface area contributed by atoms with Crippen LogP contribution >= 0.6 is 0 Å². The molecule has 1 aromatic heterocycles. The minimum Gasteiger partial charge on any atom is -0.508 e. The van der Waals surface area contributed by atoms with E-state index in [0.29, 0.717) is 11.3 Å². The average molecular weight is 652 g/mol. The summed E-state index contributed by atoms with van der Waals surface area (Å²) >= 11 is 0. The van der Waals surface area contributed by atoms with Crippen LogP contribution in [0.4, 0.5) is 0 Å². The highest BCUT2D eigenvalue weighted by Gasteiger charge is 2.51. The first kappa shape index (κ1) is 31.9. The van der Waals surface area contributed by atoms with E-state index >= 15 is 0 Å². The second kappa shape index (κ2) is 13.0. The number of rotatable bonds is 10. The minimum absolute atomic E-state index is 0.0377. The van der Waals surface area contributed by atoms with Crippen molar-refractivity contribution < 1.29 is 58.6 Å². The third-order valence-electron chi connectivity index (χ3n) is 7.72. The predicted octanol–water partition coefficient (Wildman–Crippen LogP) is -0.00670. The van der Waals surface area contributed by atoms with Gasteiger partial charge in [0.1, 0.15) is 35.6 Å². The number of aliphatic hydroxyl groups is 3. The number of carboxylic acid groups (broad SMARTS) is 1. The topological polar surface area (TPSA) is 230 Å². The number of ether oxygens (including phenoxy) is 3. The zero-order chi connectivity index (χ0) is 33.4. The van der Waals surface area contributed by atoms with Crippen LogP contribution < -0.4 is 15.5 Å². The summed E-state index contributed by atoms with van der Waals surface area (Å²) in [7, 11) is 1.19. The van der Waals surface area contributed by atoms with Crippen LogP contribution in [0, 0.1) is 0 Å². The number of fused-ring (bicyclic) bond motifs is 2. The van der Waals surface area contributed by atoms with Gasteiger partial charge in [0.2, 0.25) is 18.6 Å². The Bertz CT molecular complexity index is 1840. The number of aromatic hydroxyl groups is 1. The molecule has 16 heteroatoms. The van der Waals surface area contributed by atoms with Gasteiger partial charge >= 0.3 is 11.9 Å². The van der Waals surface area contributed by atoms with Crippen molar-refractivity contribution in [2.45, 2.75) is 43.0 Å². The number of carboxylic acids is 1. The summed E-state index contributed by atoms with van der Waals surface area (Å²) in [6, 6.07) is 8.44. The van der Waals surface area contributed by atoms with Crippen molar-refractivity contribution in [1.82, 2.24) is 10.4 Å². The summed E-state index contributed by atoms with van der Waals surface area (Å²) in [6.07, 6.45) is -4.56. The number of nitrogens with one attached hydrogen (secondary N) is 1. The van der Waals surface area contributed by atoms with Crippen molar-refractivity contribution in [3.63, 3.8) is 0 Å². The van der Waals surface area contributed by atoms with E-state index in [-0.39, 0.29) is 40.0 Å². The van der Waals surface area contributed by atoms with Gasteiger partial charge in [0.15, 0.2) is 17.6 Å². The fraction of sp³-hybridized carbons (Fsp3) is 0.290. The standard InChI is InChI=1S/C31H29N3O13/c1-32-22(28(39)40)29(41)46-30(42)26-24(37)25(38)27(47-34-11-15-8-9-33-20(15)12-34)31(45-26)44-17-6-7-18-21(10-17)43-13-19(23(18)36)14-2-4-16(35)5-3-14/h2-10,12-13,22,24-27,30-32,35,37-38,42H,11H2,1H3,(H,39,40). The van der Waals surface area contributed by atoms with E-state index < -0.39 is 55.0 Å². The monoisotopic (exact) mass is 651 g/mol. The van der Waals surface area contributed by atoms with Gasteiger partial charge in [-0.3, -0.25) is 25.0 Å². The van der Waals surface area contributed by atoms with E-state index in [1.807, 2.05) is 0 Å². The van der Waals surface area contributed by atoms with Crippen molar-refractivity contribution in [3.8, 4) is 22.6 Å². The first-order valence-corrected chi connectivity index (χ1v) is 14.2. The molecule has 2 aromatic carbocycles. The first-order valence-electron chi connectivity index (χ1n) is 14.2. The lowest BCUT2D eigenvalue weighted by Crippen LogP contribution is -2.64. The molecule has 6 N–H and O–H groups in total. The quantitative estimate of drug-likeness (QED) is 0.0962. The molecule has 47 heavy (non-hydrogen) atoms. The highest BCUT2D eigenvalue weighted by Crippen LogP contribution is 2.33. The van der Waals surface area contributed by atoms with Crippen molar-refractivity contribution in [1.29, 1.82) is 0 Å². The van der Waals surface area contributed by atoms with Crippen LogP contribution in [0.2, 0.25) is 0 Å². The molecule has 246 valence electrons. The van der Waals surface area contributed by atoms with Crippen molar-refractivity contribution >= 4 is 29.1 Å². The molecule has 0 aliphatic carbocycles. The number of phenolic OH excluding ortho intramolecular Hbond substituents is 1. The number of phenols is 1. The molecule has 7 atom stereocenters. The van der Waals surface area contributed by atoms with E-state index in [0.717, 1.165) is 5.57 Å². The van der Waals surface area contributed by atoms with Gasteiger partial charge in [-0.1, -0.05) is 12.1 Å². The van der Waals surface area contributed by atoms with Gasteiger partial charge < -0.3 is 44.2 Å². The maximum Gasteiger partial charge on any atom is 0.337 e. The van der Waals surface area contributed by atoms with Crippen LogP contribution in [0.25, 0.3) is 22.1 Å². The third kappa shape index (κ3) is 6.33. The molecule has 4 heterocycles. The highest BCUT2D eigenvalue weighted by atomic mass is 16.8. The Morgan fingerprint density at radius 3 is 2.60 bits per heavy atom. The Labute approximate surface area is 264 Å². The zero-order valence-corrected chi connectivity index (χ0v) is 24.5. The van der Waals surface area contributed by atoms with Gasteiger partial charge in [0.25, 0.3) is 0 Å². The van der Waals surface area contributed by atoms with Gasteiger partial charge in [-0.15, -0.1) is 0 Å². The molecule has 16 nitrogen and oxygen atoms in total. The number of nitrogens with zero attached hydrogens (tertiary/aromatic N) is 2. The summed E-state index contributed by atoms with van der Waals surface area (Å²) in [5, 5.41) is 55.3. The van der Waals surface area contributed by atoms with Crippen LogP contribution in [0.5, 0.6) is 11.5 Å². The predicted molar refractivity (Wildman–Crippen MR) is 160 cm³/mol. The largest absolute Gasteiger partial charge is 0.508 e. The van der Waals surface area contributed by atoms with Crippen LogP contribution in [-0.2, 0) is 23.9 Å². The van der Waals surface area contributed by atoms with E-state index in [2.05, 4.69) is 10.3 Å². The molecule has 3 aliphatic heterocycles. The molecule has 0 radical (unpaired) electrons. The molecular weight excluding hydrogens is 622 g/mol. The number of carbonyl (C=O) groups is 2. The Kier molecular flexibility index (Phi) is 8.78. The number of aliphatic carboxylic acids is 1. The molecule has 1 fully saturated rings. The molecule has 1 saturated heterocycles. The van der Waals surface area contributed by atoms with Gasteiger partial charge in [0.05, 0.1) is 29.4 Å². The molecule has 0 amide bonds. The number of carbonyl (C=O) groups excluding carboxylic acids is 1. The van der Waals surface area contributed by atoms with E-state index in [4.69, 9.17) is 23.5 Å². The number of allylic oxidation sites excluding steroid dienone is 1. The van der Waals surface area contributed by atoms with Crippen molar-refractivity contribution in [3.05, 3.63) is 82.5 Å². The number of hydrogen-bond donors (Lipinski definition) is 6. The maximum absolute atomic E-state index is 13.2. The SMILES string of the molecule is CNC(C(=O)O)C(=O)OC(O)C1OC(Oc2ccc3c(=O)c(-c4ccc(O)cc4)coc3c2)C(ON2C=C3N=CC=C3C2)C(O)C1O. The van der Waals surface area contributed by atoms with Gasteiger partial charge in [-0.2, -0.15) is 0 Å². The van der Waals surface area contributed by atoms with Crippen LogP contribution in [0.15, 0.2) is 86.5 Å². The molecule has 3 aromatic rings. The number of benzene rings is 2. The molecule has 3 aliphatic rings. The van der Waals surface area contributed by atoms with Gasteiger partial charge in [0, 0.05) is 17.9 Å². The average Bonchev–Trinajstić information content (AvgIpc) is 3.64. The minimum atomic E-state index is -2.24. The summed E-state index contributed by atoms with van der Waals surface area (Å²) in [5.41, 5.74) is 2.02. The molecular formula is C31H29N3O13. The zero-order valence-electron chi connectivity index (χ0n) is 24.5. The summed E-state index contributed by atoms with van der Waals surface area (Å²) in [4.78, 5) is 47.1. The normalized spacial score (nSPS) is 24.8. The highest BCUT2D eigenvalue weighted by molar-refractivity contribution is 5.98. The van der Waals surface area contributed by atoms with Gasteiger partial charge in [-0.05, 0) is 43.0 Å².